The highest BCUT2D eigenvalue weighted by Crippen LogP contribution is 2.11. The first-order valence-corrected chi connectivity index (χ1v) is 10.3. The highest BCUT2D eigenvalue weighted by Gasteiger charge is 2.14. The molecule has 0 aromatic heterocycles. The lowest BCUT2D eigenvalue weighted by Gasteiger charge is -2.06. The number of aliphatic hydroxyl groups is 1. The van der Waals surface area contributed by atoms with Crippen LogP contribution in [0.5, 0.6) is 0 Å². The Kier molecular flexibility index (Phi) is 12.8. The molecule has 0 amide bonds. The largest absolute Gasteiger partial charge is 0.481 e. The number of benzene rings is 1. The molecular weight excluding hydrogens is 392 g/mol. The molecular formula is C22H30O8. The van der Waals surface area contributed by atoms with E-state index in [1.54, 1.807) is 0 Å². The number of carboxylic acids is 1. The average molecular weight is 422 g/mol. The third-order valence-electron chi connectivity index (χ3n) is 4.37. The molecule has 1 rings (SSSR count). The molecule has 8 heteroatoms. The first kappa shape index (κ1) is 25.3. The molecule has 0 bridgehead atoms. The summed E-state index contributed by atoms with van der Waals surface area (Å²) in [7, 11) is 0. The first-order chi connectivity index (χ1) is 14.4. The monoisotopic (exact) mass is 422 g/mol. The summed E-state index contributed by atoms with van der Waals surface area (Å²) >= 11 is 0. The van der Waals surface area contributed by atoms with Crippen LogP contribution in [0.15, 0.2) is 24.3 Å². The van der Waals surface area contributed by atoms with E-state index < -0.39 is 23.9 Å². The van der Waals surface area contributed by atoms with Crippen molar-refractivity contribution in [2.45, 2.75) is 64.2 Å². The van der Waals surface area contributed by atoms with Crippen LogP contribution in [-0.2, 0) is 19.1 Å². The van der Waals surface area contributed by atoms with Gasteiger partial charge in [0.1, 0.15) is 0 Å². The summed E-state index contributed by atoms with van der Waals surface area (Å²) in [6.07, 6.45) is 6.18. The Morgan fingerprint density at radius 1 is 0.700 bits per heavy atom. The van der Waals surface area contributed by atoms with Crippen molar-refractivity contribution in [3.8, 4) is 0 Å². The number of esters is 3. The third-order valence-corrected chi connectivity index (χ3v) is 4.37. The van der Waals surface area contributed by atoms with Crippen LogP contribution in [0, 0.1) is 0 Å². The fourth-order valence-electron chi connectivity index (χ4n) is 2.67. The predicted octanol–water partition coefficient (Wildman–Crippen LogP) is 3.50. The molecule has 30 heavy (non-hydrogen) atoms. The molecule has 0 fully saturated rings. The van der Waals surface area contributed by atoms with E-state index in [1.807, 2.05) is 0 Å². The van der Waals surface area contributed by atoms with E-state index in [4.69, 9.17) is 19.7 Å². The van der Waals surface area contributed by atoms with E-state index in [2.05, 4.69) is 0 Å². The minimum Gasteiger partial charge on any atom is -0.481 e. The van der Waals surface area contributed by atoms with Gasteiger partial charge in [-0.25, -0.2) is 9.59 Å². The smallest absolute Gasteiger partial charge is 0.345 e. The standard InChI is InChI=1S/C22H30O8/c23-15-7-8-16-29-21(27)17-11-13-18(14-12-17)22(28)30-20(26)10-6-4-2-1-3-5-9-19(24)25/h11-14,23H,1-10,15-16H2,(H,24,25). The van der Waals surface area contributed by atoms with Crippen LogP contribution >= 0.6 is 0 Å². The molecule has 166 valence electrons. The van der Waals surface area contributed by atoms with Crippen LogP contribution in [0.25, 0.3) is 0 Å². The molecule has 0 radical (unpaired) electrons. The Morgan fingerprint density at radius 3 is 1.80 bits per heavy atom. The van der Waals surface area contributed by atoms with Gasteiger partial charge in [0.05, 0.1) is 17.7 Å². The molecule has 0 heterocycles. The molecule has 1 aromatic carbocycles. The predicted molar refractivity (Wildman–Crippen MR) is 108 cm³/mol. The van der Waals surface area contributed by atoms with Crippen LogP contribution in [0.3, 0.4) is 0 Å². The van der Waals surface area contributed by atoms with E-state index in [9.17, 15) is 19.2 Å². The number of ether oxygens (including phenoxy) is 2. The molecule has 1 aromatic rings. The number of hydrogen-bond acceptors (Lipinski definition) is 7. The molecule has 2 N–H and O–H groups in total. The topological polar surface area (TPSA) is 127 Å². The van der Waals surface area contributed by atoms with Gasteiger partial charge in [-0.3, -0.25) is 9.59 Å². The Hall–Kier alpha value is -2.74. The summed E-state index contributed by atoms with van der Waals surface area (Å²) in [6.45, 7) is 0.252. The number of carbonyl (C=O) groups excluding carboxylic acids is 3. The maximum absolute atomic E-state index is 12.0. The van der Waals surface area contributed by atoms with Gasteiger partial charge in [-0.05, 0) is 49.9 Å². The molecule has 0 aliphatic rings. The van der Waals surface area contributed by atoms with Crippen molar-refractivity contribution in [3.63, 3.8) is 0 Å². The Labute approximate surface area is 176 Å². The van der Waals surface area contributed by atoms with Crippen LogP contribution < -0.4 is 0 Å². The summed E-state index contributed by atoms with van der Waals surface area (Å²) in [4.78, 5) is 46.0. The number of aliphatic hydroxyl groups excluding tert-OH is 1. The molecule has 0 atom stereocenters. The second-order valence-electron chi connectivity index (χ2n) is 6.92. The Bertz CT molecular complexity index is 681. The molecule has 0 saturated carbocycles. The van der Waals surface area contributed by atoms with Crippen molar-refractivity contribution in [2.24, 2.45) is 0 Å². The molecule has 8 nitrogen and oxygen atoms in total. The van der Waals surface area contributed by atoms with Crippen LogP contribution in [0.1, 0.15) is 84.9 Å². The summed E-state index contributed by atoms with van der Waals surface area (Å²) < 4.78 is 9.86. The highest BCUT2D eigenvalue weighted by molar-refractivity contribution is 5.98. The first-order valence-electron chi connectivity index (χ1n) is 10.3. The minimum atomic E-state index is -0.786. The van der Waals surface area contributed by atoms with Crippen molar-refractivity contribution >= 4 is 23.9 Å². The van der Waals surface area contributed by atoms with Crippen molar-refractivity contribution in [3.05, 3.63) is 35.4 Å². The zero-order valence-electron chi connectivity index (χ0n) is 17.1. The second kappa shape index (κ2) is 15.1. The van der Waals surface area contributed by atoms with Gasteiger partial charge in [0.15, 0.2) is 0 Å². The summed E-state index contributed by atoms with van der Waals surface area (Å²) in [5.41, 5.74) is 0.448. The van der Waals surface area contributed by atoms with Crippen LogP contribution in [0.2, 0.25) is 0 Å². The van der Waals surface area contributed by atoms with E-state index >= 15 is 0 Å². The maximum Gasteiger partial charge on any atom is 0.345 e. The fourth-order valence-corrected chi connectivity index (χ4v) is 2.67. The molecule has 0 aliphatic carbocycles. The fraction of sp³-hybridized carbons (Fsp3) is 0.545. The lowest BCUT2D eigenvalue weighted by molar-refractivity contribution is -0.138. The van der Waals surface area contributed by atoms with Crippen molar-refractivity contribution in [2.75, 3.05) is 13.2 Å². The van der Waals surface area contributed by atoms with Crippen LogP contribution in [0.4, 0.5) is 0 Å². The van der Waals surface area contributed by atoms with E-state index in [-0.39, 0.29) is 37.2 Å². The van der Waals surface area contributed by atoms with Gasteiger partial charge < -0.3 is 19.7 Å². The van der Waals surface area contributed by atoms with E-state index in [0.29, 0.717) is 25.7 Å². The number of carboxylic acid groups (broad SMARTS) is 1. The van der Waals surface area contributed by atoms with Crippen LogP contribution in [-0.4, -0.2) is 47.3 Å². The maximum atomic E-state index is 12.0. The number of aliphatic carboxylic acids is 1. The van der Waals surface area contributed by atoms with E-state index in [1.165, 1.54) is 24.3 Å². The van der Waals surface area contributed by atoms with Gasteiger partial charge >= 0.3 is 23.9 Å². The van der Waals surface area contributed by atoms with Crippen molar-refractivity contribution in [1.29, 1.82) is 0 Å². The summed E-state index contributed by atoms with van der Waals surface area (Å²) in [5.74, 6) is -2.67. The number of carbonyl (C=O) groups is 4. The van der Waals surface area contributed by atoms with Gasteiger partial charge in [-0.2, -0.15) is 0 Å². The van der Waals surface area contributed by atoms with Gasteiger partial charge in [0.2, 0.25) is 0 Å². The SMILES string of the molecule is O=C(O)CCCCCCCCC(=O)OC(=O)c1ccc(C(=O)OCCCCO)cc1. The lowest BCUT2D eigenvalue weighted by Crippen LogP contribution is -2.13. The normalized spacial score (nSPS) is 10.4. The molecule has 0 spiro atoms. The lowest BCUT2D eigenvalue weighted by atomic mass is 10.1. The summed E-state index contributed by atoms with van der Waals surface area (Å²) in [6, 6.07) is 5.66. The van der Waals surface area contributed by atoms with Gasteiger partial charge in [-0.1, -0.05) is 25.7 Å². The molecule has 0 unspecified atom stereocenters. The zero-order chi connectivity index (χ0) is 22.2. The Balaban J connectivity index is 2.24. The molecule has 0 saturated heterocycles. The molecule has 0 aliphatic heterocycles. The van der Waals surface area contributed by atoms with Crippen molar-refractivity contribution in [1.82, 2.24) is 0 Å². The Morgan fingerprint density at radius 2 is 1.23 bits per heavy atom. The number of rotatable bonds is 15. The van der Waals surface area contributed by atoms with Crippen molar-refractivity contribution < 1.29 is 38.9 Å². The van der Waals surface area contributed by atoms with Gasteiger partial charge in [-0.15, -0.1) is 0 Å². The number of unbranched alkanes of at least 4 members (excludes halogenated alkanes) is 6. The summed E-state index contributed by atoms with van der Waals surface area (Å²) in [5, 5.41) is 17.2. The highest BCUT2D eigenvalue weighted by atomic mass is 16.6. The zero-order valence-corrected chi connectivity index (χ0v) is 17.1. The third kappa shape index (κ3) is 11.3. The number of hydrogen-bond donors (Lipinski definition) is 2. The minimum absolute atomic E-state index is 0.0433. The van der Waals surface area contributed by atoms with Gasteiger partial charge in [0.25, 0.3) is 0 Å². The second-order valence-corrected chi connectivity index (χ2v) is 6.92. The van der Waals surface area contributed by atoms with E-state index in [0.717, 1.165) is 25.7 Å². The quantitative estimate of drug-likeness (QED) is 0.250. The average Bonchev–Trinajstić information content (AvgIpc) is 2.72. The van der Waals surface area contributed by atoms with Gasteiger partial charge in [0, 0.05) is 19.4 Å².